The SMILES string of the molecule is CC(C)(C)C[PH](O)(O)O.CC(C)(C)C[PH](O)(O)O.CC(C)(CO)CO. The van der Waals surface area contributed by atoms with E-state index in [0.717, 1.165) is 0 Å². The summed E-state index contributed by atoms with van der Waals surface area (Å²) < 4.78 is 0. The van der Waals surface area contributed by atoms with Crippen LogP contribution in [-0.2, 0) is 0 Å². The molecule has 0 rings (SSSR count). The van der Waals surface area contributed by atoms with E-state index in [-0.39, 0.29) is 41.8 Å². The molecule has 0 atom stereocenters. The van der Waals surface area contributed by atoms with Crippen molar-refractivity contribution < 1.29 is 39.6 Å². The molecule has 0 aromatic heterocycles. The second-order valence-electron chi connectivity index (χ2n) is 9.50. The van der Waals surface area contributed by atoms with Gasteiger partial charge in [0.1, 0.15) is 0 Å². The van der Waals surface area contributed by atoms with E-state index in [1.807, 2.05) is 41.5 Å². The van der Waals surface area contributed by atoms with Gasteiger partial charge in [0, 0.05) is 5.41 Å². The Morgan fingerprint density at radius 3 is 0.720 bits per heavy atom. The molecule has 0 amide bonds. The van der Waals surface area contributed by atoms with E-state index in [2.05, 4.69) is 0 Å². The summed E-state index contributed by atoms with van der Waals surface area (Å²) in [6.45, 7) is 14.8. The molecular formula is C15H42O8P2. The molecule has 8 nitrogen and oxygen atoms in total. The molecule has 0 aliphatic rings. The van der Waals surface area contributed by atoms with Crippen molar-refractivity contribution in [3.05, 3.63) is 0 Å². The summed E-state index contributed by atoms with van der Waals surface area (Å²) in [6.07, 6.45) is 0.194. The molecule has 0 spiro atoms. The summed E-state index contributed by atoms with van der Waals surface area (Å²) in [5.41, 5.74) is -0.713. The monoisotopic (exact) mass is 412 g/mol. The number of aliphatic hydroxyl groups excluding tert-OH is 2. The van der Waals surface area contributed by atoms with Crippen molar-refractivity contribution in [2.75, 3.05) is 25.5 Å². The van der Waals surface area contributed by atoms with Crippen LogP contribution >= 0.6 is 15.9 Å². The summed E-state index contributed by atoms with van der Waals surface area (Å²) in [5, 5.41) is 16.9. The van der Waals surface area contributed by atoms with Crippen LogP contribution in [0.5, 0.6) is 0 Å². The van der Waals surface area contributed by atoms with Gasteiger partial charge in [-0.2, -0.15) is 0 Å². The second-order valence-corrected chi connectivity index (χ2v) is 13.3. The van der Waals surface area contributed by atoms with E-state index < -0.39 is 15.9 Å². The predicted octanol–water partition coefficient (Wildman–Crippen LogP) is 1.01. The number of hydrogen-bond donors (Lipinski definition) is 8. The Morgan fingerprint density at radius 1 is 0.520 bits per heavy atom. The van der Waals surface area contributed by atoms with E-state index in [1.165, 1.54) is 0 Å². The standard InChI is InChI=1S/2C5H15O3P.C5H12O2/c2*1-5(2,3)4-9(6,7)8;1-5(2,3-6)4-7/h2*6-9H,4H2,1-3H3;6-7H,3-4H2,1-2H3. The molecular weight excluding hydrogens is 370 g/mol. The maximum Gasteiger partial charge on any atom is 0.0504 e. The van der Waals surface area contributed by atoms with E-state index in [4.69, 9.17) is 39.6 Å². The maximum absolute atomic E-state index is 8.60. The fourth-order valence-corrected chi connectivity index (χ4v) is 4.32. The molecule has 0 saturated heterocycles. The van der Waals surface area contributed by atoms with Gasteiger partial charge < -0.3 is 10.2 Å². The van der Waals surface area contributed by atoms with Gasteiger partial charge in [-0.3, -0.25) is 0 Å². The van der Waals surface area contributed by atoms with E-state index in [0.29, 0.717) is 0 Å². The topological polar surface area (TPSA) is 162 Å². The van der Waals surface area contributed by atoms with Crippen molar-refractivity contribution in [3.63, 3.8) is 0 Å². The molecule has 0 heterocycles. The number of hydrogen-bond acceptors (Lipinski definition) is 8. The van der Waals surface area contributed by atoms with Crippen LogP contribution in [0.1, 0.15) is 55.4 Å². The smallest absolute Gasteiger partial charge is 0.0504 e. The zero-order valence-corrected chi connectivity index (χ0v) is 18.9. The first-order valence-corrected chi connectivity index (χ1v) is 12.2. The van der Waals surface area contributed by atoms with Crippen LogP contribution in [0, 0.1) is 16.2 Å². The van der Waals surface area contributed by atoms with Gasteiger partial charge >= 0.3 is 110 Å². The zero-order chi connectivity index (χ0) is 21.3. The van der Waals surface area contributed by atoms with Crippen molar-refractivity contribution in [2.45, 2.75) is 55.4 Å². The van der Waals surface area contributed by atoms with Crippen LogP contribution in [0.3, 0.4) is 0 Å². The fraction of sp³-hybridized carbons (Fsp3) is 1.00. The fourth-order valence-electron chi connectivity index (χ4n) is 1.47. The predicted molar refractivity (Wildman–Crippen MR) is 107 cm³/mol. The van der Waals surface area contributed by atoms with Gasteiger partial charge in [0.05, 0.1) is 13.2 Å². The van der Waals surface area contributed by atoms with Crippen LogP contribution in [0.15, 0.2) is 0 Å². The first-order valence-electron chi connectivity index (χ1n) is 8.10. The van der Waals surface area contributed by atoms with Gasteiger partial charge in [0.25, 0.3) is 0 Å². The summed E-state index contributed by atoms with van der Waals surface area (Å²) in [4.78, 5) is 51.6. The molecule has 0 bridgehead atoms. The quantitative estimate of drug-likeness (QED) is 0.317. The molecule has 0 aromatic rings. The van der Waals surface area contributed by atoms with Crippen LogP contribution in [0.25, 0.3) is 0 Å². The van der Waals surface area contributed by atoms with Crippen LogP contribution < -0.4 is 0 Å². The van der Waals surface area contributed by atoms with Crippen LogP contribution in [0.2, 0.25) is 0 Å². The third kappa shape index (κ3) is 36.3. The molecule has 0 fully saturated rings. The minimum atomic E-state index is -3.79. The Hall–Kier alpha value is 0.540. The van der Waals surface area contributed by atoms with Crippen molar-refractivity contribution >= 4 is 15.9 Å². The van der Waals surface area contributed by atoms with Crippen LogP contribution in [-0.4, -0.2) is 65.1 Å². The first kappa shape index (κ1) is 30.3. The van der Waals surface area contributed by atoms with Crippen molar-refractivity contribution in [3.8, 4) is 0 Å². The molecule has 0 aliphatic carbocycles. The molecule has 0 saturated carbocycles. The van der Waals surface area contributed by atoms with E-state index >= 15 is 0 Å². The molecule has 25 heavy (non-hydrogen) atoms. The van der Waals surface area contributed by atoms with Gasteiger partial charge in [-0.05, 0) is 0 Å². The Labute approximate surface area is 153 Å². The van der Waals surface area contributed by atoms with Gasteiger partial charge in [-0.1, -0.05) is 13.8 Å². The van der Waals surface area contributed by atoms with Crippen molar-refractivity contribution in [2.24, 2.45) is 16.2 Å². The number of aliphatic hydroxyl groups is 2. The van der Waals surface area contributed by atoms with Gasteiger partial charge in [-0.25, -0.2) is 0 Å². The molecule has 160 valence electrons. The van der Waals surface area contributed by atoms with Gasteiger partial charge in [-0.15, -0.1) is 0 Å². The average Bonchev–Trinajstić information content (AvgIpc) is 2.20. The molecule has 0 aliphatic heterocycles. The summed E-state index contributed by atoms with van der Waals surface area (Å²) in [7, 11) is -7.59. The normalized spacial score (nSPS) is 14.7. The third-order valence-corrected chi connectivity index (χ3v) is 5.46. The largest absolute Gasteiger partial charge is 0.396 e. The summed E-state index contributed by atoms with van der Waals surface area (Å²) in [5.74, 6) is 0. The Kier molecular flexibility index (Phi) is 13.8. The Morgan fingerprint density at radius 2 is 0.720 bits per heavy atom. The summed E-state index contributed by atoms with van der Waals surface area (Å²) >= 11 is 0. The Balaban J connectivity index is -0.000000293. The molecule has 0 unspecified atom stereocenters. The van der Waals surface area contributed by atoms with Gasteiger partial charge in [0.15, 0.2) is 0 Å². The van der Waals surface area contributed by atoms with E-state index in [9.17, 15) is 0 Å². The van der Waals surface area contributed by atoms with Gasteiger partial charge in [0.2, 0.25) is 0 Å². The first-order chi connectivity index (χ1) is 10.5. The Bertz CT molecular complexity index is 279. The molecule has 10 heteroatoms. The minimum absolute atomic E-state index is 0.0451. The summed E-state index contributed by atoms with van der Waals surface area (Å²) in [6, 6.07) is 0. The van der Waals surface area contributed by atoms with Crippen molar-refractivity contribution in [1.82, 2.24) is 0 Å². The average molecular weight is 412 g/mol. The van der Waals surface area contributed by atoms with E-state index in [1.54, 1.807) is 13.8 Å². The molecule has 8 N–H and O–H groups in total. The van der Waals surface area contributed by atoms with Crippen LogP contribution in [0.4, 0.5) is 0 Å². The zero-order valence-electron chi connectivity index (χ0n) is 16.9. The molecule has 0 radical (unpaired) electrons. The maximum atomic E-state index is 8.60. The van der Waals surface area contributed by atoms with Crippen molar-refractivity contribution in [1.29, 1.82) is 0 Å². The second kappa shape index (κ2) is 11.4. The molecule has 0 aromatic carbocycles. The number of rotatable bonds is 4. The minimum Gasteiger partial charge on any atom is -0.396 e. The third-order valence-electron chi connectivity index (χ3n) is 2.39.